The number of aliphatic hydroxyl groups excluding tert-OH is 1. The second kappa shape index (κ2) is 5.41. The van der Waals surface area contributed by atoms with Crippen molar-refractivity contribution < 1.29 is 5.11 Å². The Morgan fingerprint density at radius 2 is 2.46 bits per heavy atom. The maximum atomic E-state index is 8.68. The summed E-state index contributed by atoms with van der Waals surface area (Å²) in [6.45, 7) is 2.32. The van der Waals surface area contributed by atoms with E-state index in [1.165, 1.54) is 11.5 Å². The highest BCUT2D eigenvalue weighted by Gasteiger charge is 2.07. The number of hydrogen-bond acceptors (Lipinski definition) is 6. The largest absolute Gasteiger partial charge is 0.396 e. The van der Waals surface area contributed by atoms with Crippen LogP contribution in [0.4, 0.5) is 5.00 Å². The molecule has 1 unspecified atom stereocenters. The molecule has 0 aliphatic heterocycles. The van der Waals surface area contributed by atoms with Crippen LogP contribution < -0.4 is 5.73 Å². The second-order valence-electron chi connectivity index (χ2n) is 2.72. The van der Waals surface area contributed by atoms with Crippen LogP contribution >= 0.6 is 23.3 Å². The molecule has 0 amide bonds. The average Bonchev–Trinajstić information content (AvgIpc) is 2.48. The molecule has 0 aliphatic carbocycles. The standard InChI is InChI=1S/C7H13N3OS2/c1-5(2-3-11)12-4-6-7(8)13-10-9-6/h5,11H,2-4,8H2,1H3. The van der Waals surface area contributed by atoms with E-state index in [4.69, 9.17) is 10.8 Å². The zero-order chi connectivity index (χ0) is 9.68. The lowest BCUT2D eigenvalue weighted by Crippen LogP contribution is -2.00. The summed E-state index contributed by atoms with van der Waals surface area (Å²) in [5.41, 5.74) is 6.49. The zero-order valence-corrected chi connectivity index (χ0v) is 9.07. The van der Waals surface area contributed by atoms with Gasteiger partial charge >= 0.3 is 0 Å². The molecule has 0 bridgehead atoms. The van der Waals surface area contributed by atoms with Gasteiger partial charge in [0.15, 0.2) is 0 Å². The molecule has 0 spiro atoms. The third kappa shape index (κ3) is 3.50. The first-order chi connectivity index (χ1) is 6.24. The van der Waals surface area contributed by atoms with Gasteiger partial charge in [-0.1, -0.05) is 11.4 Å². The molecule has 3 N–H and O–H groups in total. The number of hydrogen-bond donors (Lipinski definition) is 2. The molecule has 6 heteroatoms. The van der Waals surface area contributed by atoms with E-state index in [0.29, 0.717) is 10.3 Å². The van der Waals surface area contributed by atoms with Gasteiger partial charge < -0.3 is 10.8 Å². The number of rotatable bonds is 5. The van der Waals surface area contributed by atoms with Crippen molar-refractivity contribution in [3.63, 3.8) is 0 Å². The molecule has 74 valence electrons. The minimum absolute atomic E-state index is 0.235. The first-order valence-electron chi connectivity index (χ1n) is 4.03. The summed E-state index contributed by atoms with van der Waals surface area (Å²) in [7, 11) is 0. The summed E-state index contributed by atoms with van der Waals surface area (Å²) in [5.74, 6) is 0.781. The van der Waals surface area contributed by atoms with Crippen LogP contribution in [0.2, 0.25) is 0 Å². The molecule has 4 nitrogen and oxygen atoms in total. The van der Waals surface area contributed by atoms with Crippen molar-refractivity contribution in [2.45, 2.75) is 24.3 Å². The summed E-state index contributed by atoms with van der Waals surface area (Å²) in [6, 6.07) is 0. The van der Waals surface area contributed by atoms with Gasteiger partial charge in [-0.25, -0.2) is 0 Å². The van der Waals surface area contributed by atoms with Gasteiger partial charge in [0.1, 0.15) is 10.7 Å². The van der Waals surface area contributed by atoms with Crippen LogP contribution in [0.25, 0.3) is 0 Å². The van der Waals surface area contributed by atoms with Crippen LogP contribution in [0, 0.1) is 0 Å². The maximum absolute atomic E-state index is 8.68. The van der Waals surface area contributed by atoms with Crippen LogP contribution in [0.3, 0.4) is 0 Å². The van der Waals surface area contributed by atoms with E-state index in [1.54, 1.807) is 11.8 Å². The second-order valence-corrected chi connectivity index (χ2v) is 4.93. The molecule has 0 aromatic carbocycles. The highest BCUT2D eigenvalue weighted by molar-refractivity contribution is 7.99. The Labute approximate surface area is 85.7 Å². The van der Waals surface area contributed by atoms with Crippen molar-refractivity contribution in [2.24, 2.45) is 0 Å². The van der Waals surface area contributed by atoms with Crippen LogP contribution in [0.15, 0.2) is 0 Å². The lowest BCUT2D eigenvalue weighted by atomic mass is 10.3. The predicted molar refractivity (Wildman–Crippen MR) is 56.8 cm³/mol. The van der Waals surface area contributed by atoms with Gasteiger partial charge in [0.25, 0.3) is 0 Å². The number of aliphatic hydroxyl groups is 1. The van der Waals surface area contributed by atoms with E-state index >= 15 is 0 Å². The zero-order valence-electron chi connectivity index (χ0n) is 7.43. The summed E-state index contributed by atoms with van der Waals surface area (Å²) in [4.78, 5) is 0. The number of thioether (sulfide) groups is 1. The Kier molecular flexibility index (Phi) is 4.47. The smallest absolute Gasteiger partial charge is 0.131 e. The van der Waals surface area contributed by atoms with E-state index < -0.39 is 0 Å². The lowest BCUT2D eigenvalue weighted by Gasteiger charge is -2.07. The molecule has 1 aromatic heterocycles. The lowest BCUT2D eigenvalue weighted by molar-refractivity contribution is 0.289. The van der Waals surface area contributed by atoms with Crippen molar-refractivity contribution in [1.82, 2.24) is 9.59 Å². The summed E-state index contributed by atoms with van der Waals surface area (Å²) >= 11 is 2.96. The van der Waals surface area contributed by atoms with Gasteiger partial charge in [-0.3, -0.25) is 0 Å². The molecule has 0 saturated heterocycles. The van der Waals surface area contributed by atoms with Crippen LogP contribution in [-0.2, 0) is 5.75 Å². The van der Waals surface area contributed by atoms with Crippen molar-refractivity contribution in [3.8, 4) is 0 Å². The van der Waals surface area contributed by atoms with E-state index in [0.717, 1.165) is 17.9 Å². The Bertz CT molecular complexity index is 254. The molecule has 13 heavy (non-hydrogen) atoms. The SMILES string of the molecule is CC(CCO)SCc1nnsc1N. The van der Waals surface area contributed by atoms with Gasteiger partial charge in [-0.05, 0) is 6.42 Å². The Balaban J connectivity index is 2.30. The normalized spacial score (nSPS) is 13.1. The third-order valence-electron chi connectivity index (χ3n) is 1.63. The molecular formula is C7H13N3OS2. The quantitative estimate of drug-likeness (QED) is 0.776. The van der Waals surface area contributed by atoms with E-state index in [1.807, 2.05) is 0 Å². The third-order valence-corrected chi connectivity index (χ3v) is 3.47. The van der Waals surface area contributed by atoms with Crippen molar-refractivity contribution in [3.05, 3.63) is 5.69 Å². The van der Waals surface area contributed by atoms with Gasteiger partial charge in [0.05, 0.1) is 0 Å². The van der Waals surface area contributed by atoms with E-state index in [-0.39, 0.29) is 6.61 Å². The fraction of sp³-hybridized carbons (Fsp3) is 0.714. The van der Waals surface area contributed by atoms with Crippen molar-refractivity contribution in [2.75, 3.05) is 12.3 Å². The Morgan fingerprint density at radius 1 is 1.69 bits per heavy atom. The molecule has 0 radical (unpaired) electrons. The molecule has 0 saturated carbocycles. The maximum Gasteiger partial charge on any atom is 0.131 e. The highest BCUT2D eigenvalue weighted by Crippen LogP contribution is 2.23. The Morgan fingerprint density at radius 3 is 3.00 bits per heavy atom. The van der Waals surface area contributed by atoms with E-state index in [2.05, 4.69) is 16.5 Å². The number of anilines is 1. The first-order valence-corrected chi connectivity index (χ1v) is 5.85. The summed E-state index contributed by atoms with van der Waals surface area (Å²) < 4.78 is 3.75. The highest BCUT2D eigenvalue weighted by atomic mass is 32.2. The molecule has 1 rings (SSSR count). The molecule has 1 heterocycles. The number of nitrogens with two attached hydrogens (primary N) is 1. The minimum atomic E-state index is 0.235. The van der Waals surface area contributed by atoms with Crippen LogP contribution in [0.1, 0.15) is 19.0 Å². The molecule has 0 aliphatic rings. The number of aromatic nitrogens is 2. The fourth-order valence-electron chi connectivity index (χ4n) is 0.802. The molecule has 1 atom stereocenters. The van der Waals surface area contributed by atoms with Gasteiger partial charge in [0, 0.05) is 29.1 Å². The predicted octanol–water partition coefficient (Wildman–Crippen LogP) is 1.12. The van der Waals surface area contributed by atoms with Gasteiger partial charge in [-0.15, -0.1) is 5.10 Å². The monoisotopic (exact) mass is 219 g/mol. The molecular weight excluding hydrogens is 206 g/mol. The Hall–Kier alpha value is -0.330. The van der Waals surface area contributed by atoms with Crippen molar-refractivity contribution >= 4 is 28.3 Å². The van der Waals surface area contributed by atoms with Gasteiger partial charge in [-0.2, -0.15) is 11.8 Å². The van der Waals surface area contributed by atoms with Crippen LogP contribution in [0.5, 0.6) is 0 Å². The average molecular weight is 219 g/mol. The summed E-state index contributed by atoms with van der Waals surface area (Å²) in [5, 5.41) is 13.7. The number of nitrogen functional groups attached to an aromatic ring is 1. The molecule has 0 fully saturated rings. The van der Waals surface area contributed by atoms with Crippen molar-refractivity contribution in [1.29, 1.82) is 0 Å². The fourth-order valence-corrected chi connectivity index (χ4v) is 2.27. The summed E-state index contributed by atoms with van der Waals surface area (Å²) in [6.07, 6.45) is 0.808. The minimum Gasteiger partial charge on any atom is -0.396 e. The van der Waals surface area contributed by atoms with Crippen LogP contribution in [-0.4, -0.2) is 26.6 Å². The topological polar surface area (TPSA) is 72.0 Å². The first kappa shape index (κ1) is 10.7. The van der Waals surface area contributed by atoms with E-state index in [9.17, 15) is 0 Å². The number of nitrogens with zero attached hydrogens (tertiary/aromatic N) is 2. The molecule has 1 aromatic rings. The van der Waals surface area contributed by atoms with Gasteiger partial charge in [0.2, 0.25) is 0 Å².